The van der Waals surface area contributed by atoms with E-state index in [2.05, 4.69) is 13.8 Å². The summed E-state index contributed by atoms with van der Waals surface area (Å²) in [5, 5.41) is 0. The molecular formula is C8H14O. The minimum atomic E-state index is 0.593. The van der Waals surface area contributed by atoms with Gasteiger partial charge in [0, 0.05) is 0 Å². The lowest BCUT2D eigenvalue weighted by Crippen LogP contribution is -1.89. The van der Waals surface area contributed by atoms with Gasteiger partial charge < -0.3 is 0 Å². The van der Waals surface area contributed by atoms with E-state index in [1.807, 2.05) is 6.08 Å². The van der Waals surface area contributed by atoms with Gasteiger partial charge in [-0.05, 0) is 24.8 Å². The molecule has 0 fully saturated rings. The van der Waals surface area contributed by atoms with E-state index in [4.69, 9.17) is 0 Å². The fraction of sp³-hybridized carbons (Fsp3) is 0.625. The standard InChI is InChI=1S/C8H14O/c1-3-8(4-2)6-5-7-9/h5-8H,3-4H2,1-2H3/b6-5+. The molecule has 0 bridgehead atoms. The highest BCUT2D eigenvalue weighted by atomic mass is 16.1. The number of carbonyl (C=O) groups excluding carboxylic acids is 1. The number of allylic oxidation sites excluding steroid dienone is 2. The molecule has 0 saturated heterocycles. The SMILES string of the molecule is CCC(/C=C/C=O)CC. The van der Waals surface area contributed by atoms with E-state index in [1.165, 1.54) is 0 Å². The first-order valence-corrected chi connectivity index (χ1v) is 3.47. The smallest absolute Gasteiger partial charge is 0.142 e. The Morgan fingerprint density at radius 3 is 2.22 bits per heavy atom. The van der Waals surface area contributed by atoms with Crippen LogP contribution in [0.2, 0.25) is 0 Å². The van der Waals surface area contributed by atoms with E-state index in [9.17, 15) is 4.79 Å². The summed E-state index contributed by atoms with van der Waals surface area (Å²) in [6.45, 7) is 4.26. The summed E-state index contributed by atoms with van der Waals surface area (Å²) < 4.78 is 0. The molecule has 1 nitrogen and oxygen atoms in total. The van der Waals surface area contributed by atoms with Crippen LogP contribution in [-0.4, -0.2) is 6.29 Å². The molecule has 52 valence electrons. The van der Waals surface area contributed by atoms with Crippen molar-refractivity contribution in [2.24, 2.45) is 5.92 Å². The first-order chi connectivity index (χ1) is 4.35. The average molecular weight is 126 g/mol. The highest BCUT2D eigenvalue weighted by Gasteiger charge is 1.94. The van der Waals surface area contributed by atoms with Gasteiger partial charge in [0.1, 0.15) is 6.29 Å². The Hall–Kier alpha value is -0.590. The third-order valence-electron chi connectivity index (χ3n) is 1.51. The molecule has 9 heavy (non-hydrogen) atoms. The van der Waals surface area contributed by atoms with Gasteiger partial charge in [0.05, 0.1) is 0 Å². The first kappa shape index (κ1) is 8.41. The van der Waals surface area contributed by atoms with Crippen LogP contribution in [0, 0.1) is 5.92 Å². The summed E-state index contributed by atoms with van der Waals surface area (Å²) in [7, 11) is 0. The van der Waals surface area contributed by atoms with Crippen molar-refractivity contribution in [3.63, 3.8) is 0 Å². The number of hydrogen-bond acceptors (Lipinski definition) is 1. The number of carbonyl (C=O) groups is 1. The predicted molar refractivity (Wildman–Crippen MR) is 39.3 cm³/mol. The Morgan fingerprint density at radius 1 is 1.33 bits per heavy atom. The van der Waals surface area contributed by atoms with Crippen LogP contribution in [0.5, 0.6) is 0 Å². The van der Waals surface area contributed by atoms with E-state index in [-0.39, 0.29) is 0 Å². The van der Waals surface area contributed by atoms with Crippen molar-refractivity contribution in [2.45, 2.75) is 26.7 Å². The van der Waals surface area contributed by atoms with E-state index in [1.54, 1.807) is 6.08 Å². The van der Waals surface area contributed by atoms with Gasteiger partial charge in [0.2, 0.25) is 0 Å². The lowest BCUT2D eigenvalue weighted by atomic mass is 10.0. The van der Waals surface area contributed by atoms with Crippen molar-refractivity contribution in [3.8, 4) is 0 Å². The molecule has 0 atom stereocenters. The van der Waals surface area contributed by atoms with Crippen LogP contribution in [0.15, 0.2) is 12.2 Å². The molecule has 0 amide bonds. The summed E-state index contributed by atoms with van der Waals surface area (Å²) in [5.41, 5.74) is 0. The van der Waals surface area contributed by atoms with E-state index >= 15 is 0 Å². The van der Waals surface area contributed by atoms with Crippen molar-refractivity contribution >= 4 is 6.29 Å². The van der Waals surface area contributed by atoms with Crippen LogP contribution in [0.25, 0.3) is 0 Å². The van der Waals surface area contributed by atoms with E-state index < -0.39 is 0 Å². The second-order valence-corrected chi connectivity index (χ2v) is 2.10. The largest absolute Gasteiger partial charge is 0.299 e. The Kier molecular flexibility index (Phi) is 5.18. The van der Waals surface area contributed by atoms with Gasteiger partial charge in [0.15, 0.2) is 0 Å². The van der Waals surface area contributed by atoms with Crippen LogP contribution >= 0.6 is 0 Å². The van der Waals surface area contributed by atoms with Crippen LogP contribution in [0.1, 0.15) is 26.7 Å². The number of aldehydes is 1. The fourth-order valence-electron chi connectivity index (χ4n) is 0.763. The summed E-state index contributed by atoms with van der Waals surface area (Å²) >= 11 is 0. The second-order valence-electron chi connectivity index (χ2n) is 2.10. The third-order valence-corrected chi connectivity index (χ3v) is 1.51. The van der Waals surface area contributed by atoms with Crippen LogP contribution in [0.4, 0.5) is 0 Å². The molecule has 0 aromatic carbocycles. The quantitative estimate of drug-likeness (QED) is 0.417. The third kappa shape index (κ3) is 3.95. The Morgan fingerprint density at radius 2 is 1.89 bits per heavy atom. The number of rotatable bonds is 4. The number of hydrogen-bond donors (Lipinski definition) is 0. The van der Waals surface area contributed by atoms with Crippen LogP contribution in [0.3, 0.4) is 0 Å². The molecule has 0 aliphatic carbocycles. The molecule has 0 radical (unpaired) electrons. The molecule has 0 rings (SSSR count). The normalized spacial score (nSPS) is 11.0. The molecule has 0 aliphatic rings. The zero-order valence-electron chi connectivity index (χ0n) is 6.13. The Labute approximate surface area is 56.8 Å². The molecule has 0 aromatic rings. The molecule has 0 heterocycles. The van der Waals surface area contributed by atoms with Crippen molar-refractivity contribution < 1.29 is 4.79 Å². The minimum absolute atomic E-state index is 0.593. The van der Waals surface area contributed by atoms with Gasteiger partial charge in [-0.2, -0.15) is 0 Å². The molecule has 0 saturated carbocycles. The van der Waals surface area contributed by atoms with Crippen LogP contribution < -0.4 is 0 Å². The van der Waals surface area contributed by atoms with Gasteiger partial charge in [-0.1, -0.05) is 19.9 Å². The Bertz CT molecular complexity index is 90.7. The van der Waals surface area contributed by atoms with Crippen molar-refractivity contribution in [1.82, 2.24) is 0 Å². The highest BCUT2D eigenvalue weighted by Crippen LogP contribution is 2.07. The lowest BCUT2D eigenvalue weighted by molar-refractivity contribution is -0.104. The predicted octanol–water partition coefficient (Wildman–Crippen LogP) is 2.18. The van der Waals surface area contributed by atoms with Crippen molar-refractivity contribution in [1.29, 1.82) is 0 Å². The maximum atomic E-state index is 9.85. The van der Waals surface area contributed by atoms with E-state index in [0.717, 1.165) is 19.1 Å². The molecule has 0 N–H and O–H groups in total. The van der Waals surface area contributed by atoms with Gasteiger partial charge in [-0.3, -0.25) is 4.79 Å². The maximum Gasteiger partial charge on any atom is 0.142 e. The minimum Gasteiger partial charge on any atom is -0.299 e. The summed E-state index contributed by atoms with van der Waals surface area (Å²) in [6, 6.07) is 0. The molecule has 0 spiro atoms. The molecule has 0 aliphatic heterocycles. The average Bonchev–Trinajstić information content (AvgIpc) is 1.91. The van der Waals surface area contributed by atoms with Gasteiger partial charge in [0.25, 0.3) is 0 Å². The maximum absolute atomic E-state index is 9.85. The second kappa shape index (κ2) is 5.54. The first-order valence-electron chi connectivity index (χ1n) is 3.47. The zero-order chi connectivity index (χ0) is 7.11. The molecule has 1 heteroatoms. The molecule has 0 aromatic heterocycles. The fourth-order valence-corrected chi connectivity index (χ4v) is 0.763. The monoisotopic (exact) mass is 126 g/mol. The summed E-state index contributed by atoms with van der Waals surface area (Å²) in [4.78, 5) is 9.85. The highest BCUT2D eigenvalue weighted by molar-refractivity contribution is 5.64. The Balaban J connectivity index is 3.53. The summed E-state index contributed by atoms with van der Waals surface area (Å²) in [5.74, 6) is 0.593. The van der Waals surface area contributed by atoms with Crippen molar-refractivity contribution in [2.75, 3.05) is 0 Å². The van der Waals surface area contributed by atoms with E-state index in [0.29, 0.717) is 5.92 Å². The topological polar surface area (TPSA) is 17.1 Å². The van der Waals surface area contributed by atoms with Gasteiger partial charge >= 0.3 is 0 Å². The zero-order valence-corrected chi connectivity index (χ0v) is 6.13. The van der Waals surface area contributed by atoms with Gasteiger partial charge in [-0.15, -0.1) is 0 Å². The van der Waals surface area contributed by atoms with Crippen LogP contribution in [-0.2, 0) is 4.79 Å². The lowest BCUT2D eigenvalue weighted by Gasteiger charge is -2.02. The molecular weight excluding hydrogens is 112 g/mol. The summed E-state index contributed by atoms with van der Waals surface area (Å²) in [6.07, 6.45) is 6.63. The van der Waals surface area contributed by atoms with Crippen molar-refractivity contribution in [3.05, 3.63) is 12.2 Å². The molecule has 0 unspecified atom stereocenters. The van der Waals surface area contributed by atoms with Gasteiger partial charge in [-0.25, -0.2) is 0 Å².